The topological polar surface area (TPSA) is 115 Å². The van der Waals surface area contributed by atoms with Crippen molar-refractivity contribution in [2.75, 3.05) is 17.1 Å². The third-order valence-corrected chi connectivity index (χ3v) is 5.17. The number of nitrogens with one attached hydrogen (secondary N) is 1. The number of carbonyl (C=O) groups excluding carboxylic acids is 1. The lowest BCUT2D eigenvalue weighted by Gasteiger charge is -2.21. The van der Waals surface area contributed by atoms with Gasteiger partial charge in [0.1, 0.15) is 6.54 Å². The highest BCUT2D eigenvalue weighted by molar-refractivity contribution is 7.92. The van der Waals surface area contributed by atoms with Crippen molar-refractivity contribution >= 4 is 49.8 Å². The number of fused-ring (bicyclic) bond motifs is 1. The standard InChI is InChI=1S/C17H15ClN4O4S/c1-27(25,26)22(14-9-5-3-7-12(14)18)10-15(23)20-21-16-11-6-2-4-8-13(11)19-17(16)24/h2-9,19,24H,10H2,1H3. The van der Waals surface area contributed by atoms with Crippen LogP contribution < -0.4 is 4.31 Å². The van der Waals surface area contributed by atoms with Crippen LogP contribution in [0.3, 0.4) is 0 Å². The van der Waals surface area contributed by atoms with E-state index in [9.17, 15) is 18.3 Å². The number of benzene rings is 2. The maximum Gasteiger partial charge on any atom is 0.285 e. The number of aromatic hydroxyl groups is 1. The lowest BCUT2D eigenvalue weighted by Crippen LogP contribution is -2.34. The largest absolute Gasteiger partial charge is 0.493 e. The van der Waals surface area contributed by atoms with Gasteiger partial charge in [-0.15, -0.1) is 10.2 Å². The molecule has 1 amide bonds. The van der Waals surface area contributed by atoms with E-state index in [-0.39, 0.29) is 22.3 Å². The van der Waals surface area contributed by atoms with Gasteiger partial charge in [0, 0.05) is 5.39 Å². The number of nitrogens with zero attached hydrogens (tertiary/aromatic N) is 3. The summed E-state index contributed by atoms with van der Waals surface area (Å²) >= 11 is 6.04. The van der Waals surface area contributed by atoms with Crippen molar-refractivity contribution in [1.29, 1.82) is 0 Å². The number of halogens is 1. The van der Waals surface area contributed by atoms with Gasteiger partial charge in [-0.25, -0.2) is 8.42 Å². The molecule has 27 heavy (non-hydrogen) atoms. The summed E-state index contributed by atoms with van der Waals surface area (Å²) in [5.74, 6) is -1.05. The van der Waals surface area contributed by atoms with Gasteiger partial charge in [-0.1, -0.05) is 41.9 Å². The molecule has 8 nitrogen and oxygen atoms in total. The number of carbonyl (C=O) groups is 1. The van der Waals surface area contributed by atoms with E-state index in [0.29, 0.717) is 10.9 Å². The van der Waals surface area contributed by atoms with Crippen LogP contribution in [0.1, 0.15) is 0 Å². The van der Waals surface area contributed by atoms with Gasteiger partial charge in [-0.2, -0.15) is 0 Å². The fraction of sp³-hybridized carbons (Fsp3) is 0.118. The fourth-order valence-electron chi connectivity index (χ4n) is 2.51. The number of amides is 1. The molecule has 2 aromatic carbocycles. The van der Waals surface area contributed by atoms with E-state index in [4.69, 9.17) is 11.6 Å². The van der Waals surface area contributed by atoms with E-state index < -0.39 is 22.5 Å². The number of aromatic nitrogens is 1. The number of sulfonamides is 1. The van der Waals surface area contributed by atoms with E-state index in [1.165, 1.54) is 12.1 Å². The van der Waals surface area contributed by atoms with Crippen LogP contribution in [0.25, 0.3) is 10.9 Å². The molecule has 0 atom stereocenters. The van der Waals surface area contributed by atoms with Crippen molar-refractivity contribution in [1.82, 2.24) is 4.98 Å². The number of hydrogen-bond donors (Lipinski definition) is 2. The summed E-state index contributed by atoms with van der Waals surface area (Å²) in [6, 6.07) is 13.2. The monoisotopic (exact) mass is 406 g/mol. The van der Waals surface area contributed by atoms with Crippen LogP contribution in [0, 0.1) is 0 Å². The molecule has 0 aliphatic heterocycles. The van der Waals surface area contributed by atoms with Crippen molar-refractivity contribution in [3.8, 4) is 5.88 Å². The SMILES string of the molecule is CS(=O)(=O)N(CC(=O)N=Nc1c(O)[nH]c2ccccc12)c1ccccc1Cl. The average molecular weight is 407 g/mol. The zero-order chi connectivity index (χ0) is 19.6. The molecule has 0 bridgehead atoms. The molecule has 1 aromatic heterocycles. The molecule has 0 aliphatic carbocycles. The molecular weight excluding hydrogens is 392 g/mol. The van der Waals surface area contributed by atoms with Crippen LogP contribution in [-0.4, -0.2) is 37.2 Å². The highest BCUT2D eigenvalue weighted by Crippen LogP contribution is 2.35. The van der Waals surface area contributed by atoms with E-state index in [1.807, 2.05) is 0 Å². The van der Waals surface area contributed by atoms with Crippen LogP contribution >= 0.6 is 11.6 Å². The first-order chi connectivity index (χ1) is 12.8. The van der Waals surface area contributed by atoms with E-state index in [2.05, 4.69) is 15.2 Å². The second kappa shape index (κ2) is 7.37. The number of aromatic amines is 1. The molecule has 3 rings (SSSR count). The van der Waals surface area contributed by atoms with Gasteiger partial charge in [0.15, 0.2) is 5.69 Å². The molecular formula is C17H15ClN4O4S. The molecule has 1 heterocycles. The third-order valence-electron chi connectivity index (χ3n) is 3.72. The smallest absolute Gasteiger partial charge is 0.285 e. The molecule has 140 valence electrons. The average Bonchev–Trinajstić information content (AvgIpc) is 2.93. The van der Waals surface area contributed by atoms with Crippen LogP contribution in [0.15, 0.2) is 58.8 Å². The van der Waals surface area contributed by atoms with Crippen molar-refractivity contribution in [2.24, 2.45) is 10.2 Å². The number of hydrogen-bond acceptors (Lipinski definition) is 5. The number of para-hydroxylation sites is 2. The highest BCUT2D eigenvalue weighted by atomic mass is 35.5. The lowest BCUT2D eigenvalue weighted by molar-refractivity contribution is -0.116. The molecule has 0 saturated heterocycles. The summed E-state index contributed by atoms with van der Waals surface area (Å²) in [5.41, 5.74) is 0.896. The van der Waals surface area contributed by atoms with Gasteiger partial charge in [0.25, 0.3) is 5.91 Å². The van der Waals surface area contributed by atoms with Crippen molar-refractivity contribution in [3.05, 3.63) is 53.6 Å². The Bertz CT molecular complexity index is 1140. The van der Waals surface area contributed by atoms with Gasteiger partial charge in [-0.3, -0.25) is 9.10 Å². The first kappa shape index (κ1) is 18.9. The van der Waals surface area contributed by atoms with Crippen molar-refractivity contribution in [3.63, 3.8) is 0 Å². The summed E-state index contributed by atoms with van der Waals surface area (Å²) in [4.78, 5) is 14.9. The fourth-order valence-corrected chi connectivity index (χ4v) is 3.66. The first-order valence-electron chi connectivity index (χ1n) is 7.74. The summed E-state index contributed by atoms with van der Waals surface area (Å²) < 4.78 is 25.0. The summed E-state index contributed by atoms with van der Waals surface area (Å²) in [6.45, 7) is -0.574. The van der Waals surface area contributed by atoms with E-state index in [0.717, 1.165) is 10.6 Å². The number of rotatable bonds is 5. The molecule has 0 unspecified atom stereocenters. The molecule has 0 fully saturated rings. The molecule has 0 saturated carbocycles. The summed E-state index contributed by atoms with van der Waals surface area (Å²) in [7, 11) is -3.78. The molecule has 0 spiro atoms. The van der Waals surface area contributed by atoms with Gasteiger partial charge in [-0.05, 0) is 18.2 Å². The predicted octanol–water partition coefficient (Wildman–Crippen LogP) is 3.60. The maximum absolute atomic E-state index is 12.2. The summed E-state index contributed by atoms with van der Waals surface area (Å²) in [6.07, 6.45) is 0.965. The Morgan fingerprint density at radius 2 is 1.85 bits per heavy atom. The quantitative estimate of drug-likeness (QED) is 0.629. The number of H-pyrrole nitrogens is 1. The summed E-state index contributed by atoms with van der Waals surface area (Å²) in [5, 5.41) is 18.0. The van der Waals surface area contributed by atoms with Crippen molar-refractivity contribution in [2.45, 2.75) is 0 Å². The molecule has 3 aromatic rings. The minimum Gasteiger partial charge on any atom is -0.493 e. The van der Waals surface area contributed by atoms with Crippen LogP contribution in [0.2, 0.25) is 5.02 Å². The van der Waals surface area contributed by atoms with Gasteiger partial charge in [0.05, 0.1) is 22.5 Å². The predicted molar refractivity (Wildman–Crippen MR) is 103 cm³/mol. The minimum atomic E-state index is -3.78. The van der Waals surface area contributed by atoms with Crippen LogP contribution in [0.4, 0.5) is 11.4 Å². The Kier molecular flexibility index (Phi) is 5.15. The van der Waals surface area contributed by atoms with Crippen LogP contribution in [-0.2, 0) is 14.8 Å². The highest BCUT2D eigenvalue weighted by Gasteiger charge is 2.23. The molecule has 0 radical (unpaired) electrons. The van der Waals surface area contributed by atoms with Gasteiger partial charge >= 0.3 is 0 Å². The van der Waals surface area contributed by atoms with Gasteiger partial charge in [0.2, 0.25) is 15.9 Å². The Morgan fingerprint density at radius 3 is 2.56 bits per heavy atom. The second-order valence-electron chi connectivity index (χ2n) is 5.68. The molecule has 2 N–H and O–H groups in total. The Labute approximate surface area is 160 Å². The maximum atomic E-state index is 12.2. The Balaban J connectivity index is 1.87. The van der Waals surface area contributed by atoms with E-state index in [1.54, 1.807) is 36.4 Å². The lowest BCUT2D eigenvalue weighted by atomic mass is 10.2. The Morgan fingerprint density at radius 1 is 1.19 bits per heavy atom. The zero-order valence-electron chi connectivity index (χ0n) is 14.1. The van der Waals surface area contributed by atoms with Crippen molar-refractivity contribution < 1.29 is 18.3 Å². The number of anilines is 1. The zero-order valence-corrected chi connectivity index (χ0v) is 15.7. The normalized spacial score (nSPS) is 11.9. The third kappa shape index (κ3) is 4.09. The van der Waals surface area contributed by atoms with Crippen LogP contribution in [0.5, 0.6) is 5.88 Å². The molecule has 10 heteroatoms. The number of azo groups is 1. The second-order valence-corrected chi connectivity index (χ2v) is 8.00. The Hall–Kier alpha value is -2.91. The minimum absolute atomic E-state index is 0.0996. The van der Waals surface area contributed by atoms with E-state index >= 15 is 0 Å². The van der Waals surface area contributed by atoms with Gasteiger partial charge < -0.3 is 10.1 Å². The molecule has 0 aliphatic rings. The first-order valence-corrected chi connectivity index (χ1v) is 9.96.